The summed E-state index contributed by atoms with van der Waals surface area (Å²) >= 11 is 0. The second-order valence-corrected chi connectivity index (χ2v) is 8.64. The molecule has 0 spiro atoms. The Morgan fingerprint density at radius 1 is 1.04 bits per heavy atom. The number of carbonyl (C=O) groups excluding carboxylic acids is 2. The van der Waals surface area contributed by atoms with Crippen molar-refractivity contribution in [2.24, 2.45) is 5.92 Å². The van der Waals surface area contributed by atoms with Gasteiger partial charge in [0.2, 0.25) is 5.91 Å². The van der Waals surface area contributed by atoms with E-state index in [1.165, 1.54) is 0 Å². The Bertz CT molecular complexity index is 727. The van der Waals surface area contributed by atoms with Crippen molar-refractivity contribution < 1.29 is 22.7 Å². The summed E-state index contributed by atoms with van der Waals surface area (Å²) in [5.41, 5.74) is 0. The summed E-state index contributed by atoms with van der Waals surface area (Å²) in [6, 6.07) is 9.14. The number of sulfone groups is 1. The van der Waals surface area contributed by atoms with E-state index in [-0.39, 0.29) is 29.9 Å². The summed E-state index contributed by atoms with van der Waals surface area (Å²) in [4.78, 5) is 28.0. The molecule has 0 radical (unpaired) electrons. The van der Waals surface area contributed by atoms with Gasteiger partial charge in [-0.15, -0.1) is 0 Å². The van der Waals surface area contributed by atoms with Crippen molar-refractivity contribution in [3.05, 3.63) is 30.3 Å². The molecule has 2 heterocycles. The number of nitrogens with zero attached hydrogens (tertiary/aromatic N) is 2. The molecule has 1 aromatic rings. The minimum atomic E-state index is -3.07. The molecule has 2 fully saturated rings. The van der Waals surface area contributed by atoms with Crippen molar-refractivity contribution in [3.63, 3.8) is 0 Å². The normalized spacial score (nSPS) is 22.6. The lowest BCUT2D eigenvalue weighted by Gasteiger charge is -2.35. The molecule has 1 atom stereocenters. The third-order valence-corrected chi connectivity index (χ3v) is 6.40. The molecule has 0 N–H and O–H groups in total. The molecule has 0 saturated carbocycles. The number of rotatable bonds is 4. The summed E-state index contributed by atoms with van der Waals surface area (Å²) in [5.74, 6) is 0.0584. The average molecular weight is 366 g/mol. The van der Waals surface area contributed by atoms with Gasteiger partial charge in [0.1, 0.15) is 5.75 Å². The van der Waals surface area contributed by atoms with Gasteiger partial charge in [0.25, 0.3) is 5.91 Å². The summed E-state index contributed by atoms with van der Waals surface area (Å²) in [6.07, 6.45) is 0.408. The topological polar surface area (TPSA) is 84.0 Å². The molecule has 3 rings (SSSR count). The van der Waals surface area contributed by atoms with Crippen molar-refractivity contribution in [1.29, 1.82) is 0 Å². The molecule has 1 aromatic carbocycles. The van der Waals surface area contributed by atoms with Crippen LogP contribution in [0.15, 0.2) is 30.3 Å². The van der Waals surface area contributed by atoms with Crippen LogP contribution >= 0.6 is 0 Å². The van der Waals surface area contributed by atoms with Crippen LogP contribution in [0, 0.1) is 5.92 Å². The minimum Gasteiger partial charge on any atom is -0.484 e. The molecule has 25 heavy (non-hydrogen) atoms. The Kier molecular flexibility index (Phi) is 5.27. The molecule has 0 bridgehead atoms. The molecular formula is C17H22N2O5S. The van der Waals surface area contributed by atoms with E-state index in [0.29, 0.717) is 38.3 Å². The molecule has 136 valence electrons. The van der Waals surface area contributed by atoms with Gasteiger partial charge in [-0.05, 0) is 18.6 Å². The van der Waals surface area contributed by atoms with E-state index in [0.717, 1.165) is 0 Å². The third kappa shape index (κ3) is 4.50. The highest BCUT2D eigenvalue weighted by molar-refractivity contribution is 7.91. The Morgan fingerprint density at radius 2 is 1.68 bits per heavy atom. The Hall–Kier alpha value is -2.09. The van der Waals surface area contributed by atoms with E-state index < -0.39 is 15.8 Å². The van der Waals surface area contributed by atoms with Gasteiger partial charge in [0, 0.05) is 26.2 Å². The van der Waals surface area contributed by atoms with Crippen LogP contribution in [0.2, 0.25) is 0 Å². The van der Waals surface area contributed by atoms with Crippen molar-refractivity contribution in [2.45, 2.75) is 6.42 Å². The number of benzene rings is 1. The summed E-state index contributed by atoms with van der Waals surface area (Å²) in [5, 5.41) is 0. The van der Waals surface area contributed by atoms with Gasteiger partial charge in [0.05, 0.1) is 17.4 Å². The lowest BCUT2D eigenvalue weighted by Crippen LogP contribution is -2.53. The quantitative estimate of drug-likeness (QED) is 0.759. The molecule has 1 unspecified atom stereocenters. The van der Waals surface area contributed by atoms with Gasteiger partial charge in [0.15, 0.2) is 16.4 Å². The van der Waals surface area contributed by atoms with Crippen LogP contribution in [0.1, 0.15) is 6.42 Å². The van der Waals surface area contributed by atoms with Crippen LogP contribution in [0.3, 0.4) is 0 Å². The number of ether oxygens (including phenoxy) is 1. The van der Waals surface area contributed by atoms with Gasteiger partial charge in [-0.2, -0.15) is 0 Å². The SMILES string of the molecule is O=C(COc1ccccc1)N1CCN(C(=O)C2CCS(=O)(=O)C2)CC1. The Balaban J connectivity index is 1.45. The zero-order valence-electron chi connectivity index (χ0n) is 14.0. The zero-order chi connectivity index (χ0) is 17.9. The smallest absolute Gasteiger partial charge is 0.260 e. The van der Waals surface area contributed by atoms with E-state index >= 15 is 0 Å². The van der Waals surface area contributed by atoms with E-state index in [1.54, 1.807) is 21.9 Å². The zero-order valence-corrected chi connectivity index (χ0v) is 14.8. The molecule has 2 aliphatic rings. The molecule has 0 aromatic heterocycles. The van der Waals surface area contributed by atoms with Crippen LogP contribution in [0.25, 0.3) is 0 Å². The maximum atomic E-state index is 12.4. The van der Waals surface area contributed by atoms with Crippen LogP contribution in [-0.4, -0.2) is 74.3 Å². The highest BCUT2D eigenvalue weighted by Gasteiger charge is 2.36. The lowest BCUT2D eigenvalue weighted by atomic mass is 10.1. The van der Waals surface area contributed by atoms with Gasteiger partial charge in [-0.3, -0.25) is 9.59 Å². The van der Waals surface area contributed by atoms with Crippen molar-refractivity contribution in [1.82, 2.24) is 9.80 Å². The molecule has 7 nitrogen and oxygen atoms in total. The second kappa shape index (κ2) is 7.43. The van der Waals surface area contributed by atoms with Gasteiger partial charge in [-0.1, -0.05) is 18.2 Å². The standard InChI is InChI=1S/C17H22N2O5S/c20-16(12-24-15-4-2-1-3-5-15)18-7-9-19(10-8-18)17(21)14-6-11-25(22,23)13-14/h1-5,14H,6-13H2. The minimum absolute atomic E-state index is 0.0289. The third-order valence-electron chi connectivity index (χ3n) is 4.63. The number of hydrogen-bond acceptors (Lipinski definition) is 5. The van der Waals surface area contributed by atoms with Gasteiger partial charge < -0.3 is 14.5 Å². The highest BCUT2D eigenvalue weighted by Crippen LogP contribution is 2.21. The van der Waals surface area contributed by atoms with Gasteiger partial charge >= 0.3 is 0 Å². The van der Waals surface area contributed by atoms with Crippen molar-refractivity contribution >= 4 is 21.7 Å². The maximum Gasteiger partial charge on any atom is 0.260 e. The van der Waals surface area contributed by atoms with Crippen LogP contribution in [-0.2, 0) is 19.4 Å². The maximum absolute atomic E-state index is 12.4. The number of hydrogen-bond donors (Lipinski definition) is 0. The fraction of sp³-hybridized carbons (Fsp3) is 0.529. The molecule has 2 amide bonds. The molecule has 8 heteroatoms. The number of carbonyl (C=O) groups is 2. The first-order valence-electron chi connectivity index (χ1n) is 8.39. The first kappa shape index (κ1) is 17.7. The van der Waals surface area contributed by atoms with Crippen LogP contribution < -0.4 is 4.74 Å². The summed E-state index contributed by atoms with van der Waals surface area (Å²) < 4.78 is 28.5. The van der Waals surface area contributed by atoms with Crippen LogP contribution in [0.4, 0.5) is 0 Å². The Morgan fingerprint density at radius 3 is 2.28 bits per heavy atom. The average Bonchev–Trinajstić information content (AvgIpc) is 3.00. The molecule has 0 aliphatic carbocycles. The second-order valence-electron chi connectivity index (χ2n) is 6.41. The highest BCUT2D eigenvalue weighted by atomic mass is 32.2. The number of amides is 2. The molecular weight excluding hydrogens is 344 g/mol. The van der Waals surface area contributed by atoms with Gasteiger partial charge in [-0.25, -0.2) is 8.42 Å². The monoisotopic (exact) mass is 366 g/mol. The van der Waals surface area contributed by atoms with Crippen LogP contribution in [0.5, 0.6) is 5.75 Å². The first-order chi connectivity index (χ1) is 11.9. The lowest BCUT2D eigenvalue weighted by molar-refractivity contribution is -0.142. The van der Waals surface area contributed by atoms with E-state index in [9.17, 15) is 18.0 Å². The van der Waals surface area contributed by atoms with E-state index in [4.69, 9.17) is 4.74 Å². The van der Waals surface area contributed by atoms with Crippen molar-refractivity contribution in [2.75, 3.05) is 44.3 Å². The van der Waals surface area contributed by atoms with E-state index in [1.807, 2.05) is 18.2 Å². The van der Waals surface area contributed by atoms with Crippen molar-refractivity contribution in [3.8, 4) is 5.75 Å². The molecule has 2 saturated heterocycles. The Labute approximate surface area is 147 Å². The fourth-order valence-electron chi connectivity index (χ4n) is 3.18. The predicted molar refractivity (Wildman–Crippen MR) is 91.9 cm³/mol. The molecule has 2 aliphatic heterocycles. The van der Waals surface area contributed by atoms with E-state index in [2.05, 4.69) is 0 Å². The first-order valence-corrected chi connectivity index (χ1v) is 10.2. The number of para-hydroxylation sites is 1. The predicted octanol–water partition coefficient (Wildman–Crippen LogP) is 0.171. The summed E-state index contributed by atoms with van der Waals surface area (Å²) in [7, 11) is -3.07. The summed E-state index contributed by atoms with van der Waals surface area (Å²) in [6.45, 7) is 1.74. The largest absolute Gasteiger partial charge is 0.484 e. The number of piperazine rings is 1. The fourth-order valence-corrected chi connectivity index (χ4v) is 4.91.